The predicted molar refractivity (Wildman–Crippen MR) is 74.1 cm³/mol. The molecule has 0 atom stereocenters. The van der Waals surface area contributed by atoms with E-state index in [1.807, 2.05) is 17.5 Å². The Morgan fingerprint density at radius 3 is 2.79 bits per heavy atom. The fraction of sp³-hybridized carbons (Fsp3) is 0.0769. The van der Waals surface area contributed by atoms with Gasteiger partial charge in [-0.1, -0.05) is 12.1 Å². The van der Waals surface area contributed by atoms with Gasteiger partial charge in [0.25, 0.3) is 0 Å². The van der Waals surface area contributed by atoms with Crippen LogP contribution in [0.3, 0.4) is 0 Å². The largest absolute Gasteiger partial charge is 0.398 e. The molecule has 0 saturated carbocycles. The molecule has 4 nitrogen and oxygen atoms in total. The number of nitrogens with zero attached hydrogens (tertiary/aromatic N) is 3. The average molecular weight is 274 g/mol. The van der Waals surface area contributed by atoms with Crippen LogP contribution < -0.4 is 5.73 Å². The van der Waals surface area contributed by atoms with Gasteiger partial charge in [-0.05, 0) is 23.6 Å². The number of halogens is 1. The van der Waals surface area contributed by atoms with Gasteiger partial charge < -0.3 is 5.73 Å². The number of anilines is 1. The maximum Gasteiger partial charge on any atom is 0.191 e. The van der Waals surface area contributed by atoms with Crippen molar-refractivity contribution in [2.24, 2.45) is 7.05 Å². The van der Waals surface area contributed by atoms with Crippen LogP contribution in [0.2, 0.25) is 0 Å². The smallest absolute Gasteiger partial charge is 0.191 e. The molecule has 0 unspecified atom stereocenters. The number of benzene rings is 1. The third-order valence-electron chi connectivity index (χ3n) is 2.77. The van der Waals surface area contributed by atoms with Gasteiger partial charge in [0.05, 0.1) is 10.4 Å². The summed E-state index contributed by atoms with van der Waals surface area (Å²) in [4.78, 5) is 5.33. The Balaban J connectivity index is 2.17. The number of aromatic nitrogens is 3. The van der Waals surface area contributed by atoms with Gasteiger partial charge in [0, 0.05) is 12.7 Å². The molecule has 19 heavy (non-hydrogen) atoms. The van der Waals surface area contributed by atoms with Crippen molar-refractivity contribution < 1.29 is 4.39 Å². The van der Waals surface area contributed by atoms with Crippen LogP contribution in [0.15, 0.2) is 35.7 Å². The number of nitrogens with two attached hydrogens (primary N) is 1. The highest BCUT2D eigenvalue weighted by molar-refractivity contribution is 7.13. The fourth-order valence-electron chi connectivity index (χ4n) is 1.89. The topological polar surface area (TPSA) is 56.7 Å². The van der Waals surface area contributed by atoms with Gasteiger partial charge >= 0.3 is 0 Å². The summed E-state index contributed by atoms with van der Waals surface area (Å²) in [5.74, 6) is 0.613. The van der Waals surface area contributed by atoms with Crippen molar-refractivity contribution in [2.75, 3.05) is 5.73 Å². The maximum absolute atomic E-state index is 13.9. The van der Waals surface area contributed by atoms with Crippen molar-refractivity contribution in [1.29, 1.82) is 0 Å². The lowest BCUT2D eigenvalue weighted by atomic mass is 10.1. The average Bonchev–Trinajstić information content (AvgIpc) is 2.99. The minimum Gasteiger partial charge on any atom is -0.398 e. The second-order valence-electron chi connectivity index (χ2n) is 4.06. The number of hydrogen-bond donors (Lipinski definition) is 1. The highest BCUT2D eigenvalue weighted by atomic mass is 32.1. The van der Waals surface area contributed by atoms with Crippen LogP contribution in [0, 0.1) is 5.82 Å². The van der Waals surface area contributed by atoms with Crippen LogP contribution in [0.1, 0.15) is 0 Å². The standard InChI is InChI=1S/C13H11FN4S/c1-18-13(11-8(14)4-2-5-9(11)15)16-12(17-18)10-6-3-7-19-10/h2-7H,15H2,1H3. The molecule has 2 N–H and O–H groups in total. The highest BCUT2D eigenvalue weighted by Gasteiger charge is 2.17. The Kier molecular flexibility index (Phi) is 2.79. The van der Waals surface area contributed by atoms with Gasteiger partial charge in [-0.3, -0.25) is 0 Å². The summed E-state index contributed by atoms with van der Waals surface area (Å²) >= 11 is 1.54. The van der Waals surface area contributed by atoms with Crippen molar-refractivity contribution in [2.45, 2.75) is 0 Å². The normalized spacial score (nSPS) is 10.8. The second kappa shape index (κ2) is 4.47. The van der Waals surface area contributed by atoms with Crippen molar-refractivity contribution in [3.63, 3.8) is 0 Å². The van der Waals surface area contributed by atoms with Gasteiger partial charge in [0.1, 0.15) is 5.82 Å². The molecular formula is C13H11FN4S. The zero-order valence-electron chi connectivity index (χ0n) is 10.2. The van der Waals surface area contributed by atoms with Gasteiger partial charge in [0.15, 0.2) is 11.6 Å². The minimum atomic E-state index is -0.395. The molecule has 2 heterocycles. The summed E-state index contributed by atoms with van der Waals surface area (Å²) in [5, 5.41) is 6.25. The molecule has 96 valence electrons. The van der Waals surface area contributed by atoms with E-state index in [0.717, 1.165) is 4.88 Å². The molecule has 6 heteroatoms. The first-order valence-corrected chi connectivity index (χ1v) is 6.54. The van der Waals surface area contributed by atoms with E-state index in [4.69, 9.17) is 5.73 Å². The highest BCUT2D eigenvalue weighted by Crippen LogP contribution is 2.29. The molecule has 0 fully saturated rings. The molecule has 0 radical (unpaired) electrons. The van der Waals surface area contributed by atoms with E-state index < -0.39 is 5.82 Å². The van der Waals surface area contributed by atoms with Gasteiger partial charge in [-0.2, -0.15) is 0 Å². The molecule has 3 aromatic rings. The molecule has 0 saturated heterocycles. The second-order valence-corrected chi connectivity index (χ2v) is 5.01. The zero-order chi connectivity index (χ0) is 13.4. The molecule has 0 amide bonds. The Bertz CT molecular complexity index is 698. The van der Waals surface area contributed by atoms with Crippen molar-refractivity contribution in [1.82, 2.24) is 14.8 Å². The first kappa shape index (κ1) is 11.9. The zero-order valence-corrected chi connectivity index (χ0v) is 11.0. The van der Waals surface area contributed by atoms with Gasteiger partial charge in [0.2, 0.25) is 0 Å². The summed E-state index contributed by atoms with van der Waals surface area (Å²) in [6.45, 7) is 0. The number of aryl methyl sites for hydroxylation is 1. The quantitative estimate of drug-likeness (QED) is 0.731. The molecule has 2 aromatic heterocycles. The Labute approximate surface area is 113 Å². The van der Waals surface area contributed by atoms with Gasteiger partial charge in [-0.15, -0.1) is 16.4 Å². The lowest BCUT2D eigenvalue weighted by molar-refractivity contribution is 0.628. The van der Waals surface area contributed by atoms with E-state index >= 15 is 0 Å². The molecule has 0 aliphatic rings. The molecular weight excluding hydrogens is 263 g/mol. The summed E-state index contributed by atoms with van der Waals surface area (Å²) in [7, 11) is 1.73. The third kappa shape index (κ3) is 2.00. The van der Waals surface area contributed by atoms with E-state index in [9.17, 15) is 4.39 Å². The van der Waals surface area contributed by atoms with E-state index in [1.165, 1.54) is 17.4 Å². The van der Waals surface area contributed by atoms with Crippen LogP contribution in [-0.4, -0.2) is 14.8 Å². The molecule has 0 aliphatic carbocycles. The minimum absolute atomic E-state index is 0.292. The molecule has 0 bridgehead atoms. The maximum atomic E-state index is 13.9. The summed E-state index contributed by atoms with van der Waals surface area (Å²) in [5.41, 5.74) is 6.48. The van der Waals surface area contributed by atoms with Crippen LogP contribution in [0.25, 0.3) is 22.1 Å². The number of rotatable bonds is 2. The lowest BCUT2D eigenvalue weighted by Crippen LogP contribution is -2.00. The van der Waals surface area contributed by atoms with E-state index in [2.05, 4.69) is 10.1 Å². The summed E-state index contributed by atoms with van der Waals surface area (Å²) in [6, 6.07) is 8.44. The Morgan fingerprint density at radius 2 is 2.11 bits per heavy atom. The van der Waals surface area contributed by atoms with Crippen LogP contribution in [-0.2, 0) is 7.05 Å². The van der Waals surface area contributed by atoms with E-state index in [-0.39, 0.29) is 0 Å². The van der Waals surface area contributed by atoms with E-state index in [0.29, 0.717) is 22.9 Å². The van der Waals surface area contributed by atoms with Crippen LogP contribution in [0.5, 0.6) is 0 Å². The molecule has 3 rings (SSSR count). The summed E-state index contributed by atoms with van der Waals surface area (Å²) < 4.78 is 15.5. The first-order chi connectivity index (χ1) is 9.16. The Hall–Kier alpha value is -2.21. The Morgan fingerprint density at radius 1 is 1.26 bits per heavy atom. The molecule has 1 aromatic carbocycles. The molecule has 0 spiro atoms. The fourth-order valence-corrected chi connectivity index (χ4v) is 2.54. The third-order valence-corrected chi connectivity index (χ3v) is 3.64. The van der Waals surface area contributed by atoms with E-state index in [1.54, 1.807) is 23.9 Å². The number of thiophene rings is 1. The van der Waals surface area contributed by atoms with Crippen molar-refractivity contribution in [3.05, 3.63) is 41.5 Å². The van der Waals surface area contributed by atoms with Crippen molar-refractivity contribution in [3.8, 4) is 22.1 Å². The first-order valence-electron chi connectivity index (χ1n) is 5.66. The SMILES string of the molecule is Cn1nc(-c2cccs2)nc1-c1c(N)cccc1F. The number of nitrogen functional groups attached to an aromatic ring is 1. The van der Waals surface area contributed by atoms with Gasteiger partial charge in [-0.25, -0.2) is 14.1 Å². The van der Waals surface area contributed by atoms with Crippen LogP contribution in [0.4, 0.5) is 10.1 Å². The number of hydrogen-bond acceptors (Lipinski definition) is 4. The summed E-state index contributed by atoms with van der Waals surface area (Å²) in [6.07, 6.45) is 0. The van der Waals surface area contributed by atoms with Crippen molar-refractivity contribution >= 4 is 17.0 Å². The monoisotopic (exact) mass is 274 g/mol. The lowest BCUT2D eigenvalue weighted by Gasteiger charge is -2.05. The predicted octanol–water partition coefficient (Wildman–Crippen LogP) is 2.93. The van der Waals surface area contributed by atoms with Crippen LogP contribution >= 0.6 is 11.3 Å². The molecule has 0 aliphatic heterocycles.